The lowest BCUT2D eigenvalue weighted by Crippen LogP contribution is -2.28. The number of para-hydroxylation sites is 1. The Hall–Kier alpha value is -3.41. The molecule has 0 aliphatic carbocycles. The zero-order chi connectivity index (χ0) is 35.9. The maximum Gasteiger partial charge on any atom is 0.303 e. The summed E-state index contributed by atoms with van der Waals surface area (Å²) >= 11 is 0. The molecule has 262 valence electrons. The number of nitrogens with zero attached hydrogens (tertiary/aromatic N) is 2. The van der Waals surface area contributed by atoms with E-state index in [1.807, 2.05) is 38.7 Å². The van der Waals surface area contributed by atoms with E-state index < -0.39 is 52.9 Å². The lowest BCUT2D eigenvalue weighted by Gasteiger charge is -2.27. The number of carboxylic acids is 1. The summed E-state index contributed by atoms with van der Waals surface area (Å²) < 4.78 is 103. The molecule has 4 rings (SSSR count). The predicted octanol–water partition coefficient (Wildman–Crippen LogP) is 4.72. The van der Waals surface area contributed by atoms with Crippen molar-refractivity contribution in [1.82, 2.24) is 0 Å². The van der Waals surface area contributed by atoms with Crippen LogP contribution in [0.3, 0.4) is 0 Å². The van der Waals surface area contributed by atoms with Crippen LogP contribution in [-0.2, 0) is 46.0 Å². The molecule has 2 aliphatic heterocycles. The van der Waals surface area contributed by atoms with Crippen molar-refractivity contribution < 1.29 is 53.4 Å². The van der Waals surface area contributed by atoms with E-state index in [0.29, 0.717) is 42.6 Å². The minimum Gasteiger partial charge on any atom is -0.481 e. The molecule has 0 radical (unpaired) electrons. The quantitative estimate of drug-likeness (QED) is 0.119. The van der Waals surface area contributed by atoms with Gasteiger partial charge in [0.2, 0.25) is 5.69 Å². The van der Waals surface area contributed by atoms with Crippen molar-refractivity contribution >= 4 is 53.4 Å². The first-order chi connectivity index (χ1) is 22.1. The lowest BCUT2D eigenvalue weighted by atomic mass is 9.81. The molecule has 0 fully saturated rings. The average Bonchev–Trinajstić information content (AvgIpc) is 3.29. The fourth-order valence-electron chi connectivity index (χ4n) is 6.55. The van der Waals surface area contributed by atoms with Crippen molar-refractivity contribution in [1.29, 1.82) is 0 Å². The number of carbonyl (C=O) groups is 1. The van der Waals surface area contributed by atoms with Crippen LogP contribution in [0.1, 0.15) is 70.9 Å². The summed E-state index contributed by atoms with van der Waals surface area (Å²) in [7, 11) is -13.4. The number of hydrogen-bond donors (Lipinski definition) is 4. The summed E-state index contributed by atoms with van der Waals surface area (Å²) in [6, 6.07) is 8.90. The van der Waals surface area contributed by atoms with Crippen LogP contribution in [0.2, 0.25) is 0 Å². The third-order valence-corrected chi connectivity index (χ3v) is 11.4. The highest BCUT2D eigenvalue weighted by Crippen LogP contribution is 2.49. The van der Waals surface area contributed by atoms with E-state index >= 15 is 0 Å². The normalized spacial score (nSPS) is 18.1. The standard InChI is InChI=1S/C32H40N2O11S3/c1-31(2)23-11-8-12-26(48(43,44)45)30(23)34(19-10-20-46(37,38)39)28(31)14-9-13-27-32(3,4)24-21-22(47(40,41)42)16-17-25(24)33(27)18-7-5-6-15-29(35)36/h8-9,11-14,16-17,21H,5-7,10,15,18-20H2,1-4H3,(H3-,35,36,37,38,39,40,41,42,43,44,45)/p+1. The van der Waals surface area contributed by atoms with Gasteiger partial charge in [-0.3, -0.25) is 18.5 Å². The number of fused-ring (bicyclic) bond motifs is 2. The number of unbranched alkanes of at least 4 members (excludes halogenated alkanes) is 2. The van der Waals surface area contributed by atoms with Gasteiger partial charge in [-0.05, 0) is 62.6 Å². The van der Waals surface area contributed by atoms with Gasteiger partial charge in [0, 0.05) is 47.8 Å². The number of benzene rings is 2. The third-order valence-electron chi connectivity index (χ3n) is 8.88. The maximum absolute atomic E-state index is 12.4. The van der Waals surface area contributed by atoms with Crippen molar-refractivity contribution in [2.45, 2.75) is 80.4 Å². The first-order valence-corrected chi connectivity index (χ1v) is 19.8. The summed E-state index contributed by atoms with van der Waals surface area (Å²) in [6.07, 6.45) is 7.15. The summed E-state index contributed by atoms with van der Waals surface area (Å²) in [5.74, 6) is -1.44. The molecule has 2 aliphatic rings. The van der Waals surface area contributed by atoms with E-state index in [9.17, 15) is 43.7 Å². The van der Waals surface area contributed by atoms with Gasteiger partial charge in [0.1, 0.15) is 6.54 Å². The zero-order valence-electron chi connectivity index (χ0n) is 27.1. The fourth-order valence-corrected chi connectivity index (χ4v) is 8.27. The number of allylic oxidation sites excluding steroid dienone is 4. The maximum atomic E-state index is 12.4. The molecular weight excluding hydrogens is 685 g/mol. The molecule has 0 saturated heterocycles. The molecule has 16 heteroatoms. The molecule has 0 bridgehead atoms. The molecule has 2 aromatic carbocycles. The topological polar surface area (TPSA) is 207 Å². The second kappa shape index (κ2) is 13.5. The fraction of sp³-hybridized carbons (Fsp3) is 0.438. The molecule has 48 heavy (non-hydrogen) atoms. The molecule has 0 aromatic heterocycles. The van der Waals surface area contributed by atoms with Gasteiger partial charge in [0.25, 0.3) is 20.2 Å². The van der Waals surface area contributed by atoms with Gasteiger partial charge >= 0.3 is 16.1 Å². The van der Waals surface area contributed by atoms with Crippen LogP contribution < -0.4 is 4.90 Å². The van der Waals surface area contributed by atoms with Gasteiger partial charge in [-0.2, -0.15) is 29.8 Å². The summed E-state index contributed by atoms with van der Waals surface area (Å²) in [4.78, 5) is 12.4. The Morgan fingerprint density at radius 1 is 0.854 bits per heavy atom. The molecule has 0 atom stereocenters. The first-order valence-electron chi connectivity index (χ1n) is 15.3. The Bertz CT molecular complexity index is 2040. The number of anilines is 1. The number of carboxylic acid groups (broad SMARTS) is 1. The number of rotatable bonds is 14. The van der Waals surface area contributed by atoms with E-state index in [-0.39, 0.29) is 34.9 Å². The van der Waals surface area contributed by atoms with Crippen molar-refractivity contribution in [3.63, 3.8) is 0 Å². The minimum absolute atomic E-state index is 0.0107. The smallest absolute Gasteiger partial charge is 0.303 e. The van der Waals surface area contributed by atoms with E-state index in [1.165, 1.54) is 24.3 Å². The molecular formula is C32H41N2O11S3+. The van der Waals surface area contributed by atoms with Gasteiger partial charge < -0.3 is 10.0 Å². The monoisotopic (exact) mass is 725 g/mol. The van der Waals surface area contributed by atoms with Crippen molar-refractivity contribution in [2.75, 3.05) is 23.7 Å². The summed E-state index contributed by atoms with van der Waals surface area (Å²) in [5, 5.41) is 9.01. The highest BCUT2D eigenvalue weighted by atomic mass is 32.2. The Morgan fingerprint density at radius 2 is 1.54 bits per heavy atom. The first kappa shape index (κ1) is 37.4. The van der Waals surface area contributed by atoms with Crippen LogP contribution >= 0.6 is 0 Å². The number of hydrogen-bond acceptors (Lipinski definition) is 8. The third kappa shape index (κ3) is 7.90. The van der Waals surface area contributed by atoms with Crippen LogP contribution in [0.4, 0.5) is 11.4 Å². The molecule has 0 spiro atoms. The zero-order valence-corrected chi connectivity index (χ0v) is 29.6. The van der Waals surface area contributed by atoms with Crippen molar-refractivity contribution in [3.8, 4) is 0 Å². The van der Waals surface area contributed by atoms with Crippen LogP contribution in [0.5, 0.6) is 0 Å². The van der Waals surface area contributed by atoms with Crippen molar-refractivity contribution in [2.24, 2.45) is 0 Å². The van der Waals surface area contributed by atoms with E-state index in [1.54, 1.807) is 28.9 Å². The molecule has 0 saturated carbocycles. The molecule has 0 amide bonds. The average molecular weight is 726 g/mol. The highest BCUT2D eigenvalue weighted by molar-refractivity contribution is 7.86. The Labute approximate surface area is 281 Å². The van der Waals surface area contributed by atoms with E-state index in [0.717, 1.165) is 11.4 Å². The Balaban J connectivity index is 1.82. The second-order valence-corrected chi connectivity index (χ2v) is 17.4. The van der Waals surface area contributed by atoms with Gasteiger partial charge in [0.05, 0.1) is 16.1 Å². The molecule has 2 heterocycles. The Kier molecular flexibility index (Phi) is 10.5. The molecule has 2 aromatic rings. The summed E-state index contributed by atoms with van der Waals surface area (Å²) in [5.41, 5.74) is 2.03. The minimum atomic E-state index is -4.67. The number of aliphatic carboxylic acids is 1. The largest absolute Gasteiger partial charge is 0.481 e. The second-order valence-electron chi connectivity index (χ2n) is 13.0. The SMILES string of the molecule is CC1(C)C(/C=C/C=C2/N(CCCCCC(=O)O)c3ccc(S(=O)(=O)O)cc3C2(C)C)=[N+](CCCS(=O)(=O)O)c2c1cccc2S(=O)(=O)O. The molecule has 13 nitrogen and oxygen atoms in total. The Morgan fingerprint density at radius 3 is 2.15 bits per heavy atom. The van der Waals surface area contributed by atoms with Crippen LogP contribution in [0.25, 0.3) is 0 Å². The van der Waals surface area contributed by atoms with Crippen LogP contribution in [0, 0.1) is 0 Å². The van der Waals surface area contributed by atoms with Crippen LogP contribution in [-0.4, -0.2) is 79.1 Å². The predicted molar refractivity (Wildman–Crippen MR) is 180 cm³/mol. The lowest BCUT2D eigenvalue weighted by molar-refractivity contribution is -0.440. The molecule has 4 N–H and O–H groups in total. The van der Waals surface area contributed by atoms with Gasteiger partial charge in [-0.15, -0.1) is 0 Å². The highest BCUT2D eigenvalue weighted by Gasteiger charge is 2.47. The molecule has 0 unspecified atom stereocenters. The van der Waals surface area contributed by atoms with Gasteiger partial charge in [-0.1, -0.05) is 38.5 Å². The van der Waals surface area contributed by atoms with Crippen LogP contribution in [0.15, 0.2) is 70.1 Å². The van der Waals surface area contributed by atoms with Gasteiger partial charge in [0.15, 0.2) is 10.6 Å². The summed E-state index contributed by atoms with van der Waals surface area (Å²) in [6.45, 7) is 8.05. The van der Waals surface area contributed by atoms with E-state index in [2.05, 4.69) is 0 Å². The van der Waals surface area contributed by atoms with E-state index in [4.69, 9.17) is 5.11 Å². The van der Waals surface area contributed by atoms with Crippen molar-refractivity contribution in [3.05, 3.63) is 71.5 Å². The van der Waals surface area contributed by atoms with Gasteiger partial charge in [-0.25, -0.2) is 0 Å².